The Morgan fingerprint density at radius 1 is 1.39 bits per heavy atom. The van der Waals surface area contributed by atoms with Gasteiger partial charge in [0.25, 0.3) is 0 Å². The van der Waals surface area contributed by atoms with Gasteiger partial charge in [0.05, 0.1) is 6.61 Å². The van der Waals surface area contributed by atoms with Gasteiger partial charge in [0.1, 0.15) is 0 Å². The summed E-state index contributed by atoms with van der Waals surface area (Å²) in [5, 5.41) is 0. The minimum Gasteiger partial charge on any atom is -0.383 e. The summed E-state index contributed by atoms with van der Waals surface area (Å²) in [5.41, 5.74) is 0. The lowest BCUT2D eigenvalue weighted by atomic mass is 10.3. The molecule has 4 nitrogen and oxygen atoms in total. The van der Waals surface area contributed by atoms with E-state index in [0.29, 0.717) is 10.3 Å². The van der Waals surface area contributed by atoms with E-state index < -0.39 is 0 Å². The maximum Gasteiger partial charge on any atom is 0.166 e. The number of hydrogen-bond acceptors (Lipinski definition) is 4. The molecule has 0 bridgehead atoms. The zero-order valence-corrected chi connectivity index (χ0v) is 12.0. The predicted octanol–water partition coefficient (Wildman–Crippen LogP) is 1.75. The van der Waals surface area contributed by atoms with Gasteiger partial charge in [-0.05, 0) is 22.0 Å². The molecule has 0 aliphatic carbocycles. The van der Waals surface area contributed by atoms with Crippen molar-refractivity contribution in [3.05, 3.63) is 22.6 Å². The molecule has 1 aromatic rings. The summed E-state index contributed by atoms with van der Waals surface area (Å²) >= 11 is 3.22. The van der Waals surface area contributed by atoms with Crippen LogP contribution in [0.2, 0.25) is 0 Å². The first-order valence-corrected chi connectivity index (χ1v) is 6.77. The summed E-state index contributed by atoms with van der Waals surface area (Å²) in [6.45, 7) is 5.11. The Bertz CT molecular complexity index is 397. The van der Waals surface area contributed by atoms with E-state index in [1.807, 2.05) is 4.90 Å². The summed E-state index contributed by atoms with van der Waals surface area (Å²) in [6, 6.07) is 1.46. The second kappa shape index (κ2) is 6.45. The highest BCUT2D eigenvalue weighted by molar-refractivity contribution is 9.10. The summed E-state index contributed by atoms with van der Waals surface area (Å²) in [6.07, 6.45) is 1.63. The molecule has 1 aromatic heterocycles. The van der Waals surface area contributed by atoms with Crippen LogP contribution in [0.25, 0.3) is 0 Å². The number of nitrogens with zero attached hydrogens (tertiary/aromatic N) is 3. The van der Waals surface area contributed by atoms with Crippen LogP contribution in [0.1, 0.15) is 0 Å². The highest BCUT2D eigenvalue weighted by atomic mass is 79.9. The lowest BCUT2D eigenvalue weighted by molar-refractivity contribution is 0.143. The van der Waals surface area contributed by atoms with Crippen LogP contribution in [-0.4, -0.2) is 56.3 Å². The van der Waals surface area contributed by atoms with Gasteiger partial charge >= 0.3 is 0 Å². The lowest BCUT2D eigenvalue weighted by Crippen LogP contribution is -2.47. The van der Waals surface area contributed by atoms with Crippen molar-refractivity contribution in [2.45, 2.75) is 0 Å². The molecule has 0 spiro atoms. The van der Waals surface area contributed by atoms with E-state index in [0.717, 1.165) is 39.3 Å². The number of hydrogen-bond donors (Lipinski definition) is 0. The number of anilines is 1. The maximum absolute atomic E-state index is 13.8. The number of aromatic nitrogens is 1. The zero-order chi connectivity index (χ0) is 13.0. The zero-order valence-electron chi connectivity index (χ0n) is 10.4. The number of methoxy groups -OCH3 is 1. The molecular formula is C12H17BrFN3O. The fraction of sp³-hybridized carbons (Fsp3) is 0.583. The molecule has 100 valence electrons. The molecule has 1 fully saturated rings. The standard InChI is InChI=1S/C12H17BrFN3O/c1-18-7-6-16-2-4-17(5-3-16)12-11(14)8-10(13)9-15-12/h8-9H,2-7H2,1H3. The van der Waals surface area contributed by atoms with Crippen LogP contribution in [-0.2, 0) is 4.74 Å². The van der Waals surface area contributed by atoms with Gasteiger partial charge in [-0.3, -0.25) is 4.90 Å². The normalized spacial score (nSPS) is 17.2. The molecule has 0 saturated carbocycles. The quantitative estimate of drug-likeness (QED) is 0.846. The van der Waals surface area contributed by atoms with Crippen LogP contribution in [0.3, 0.4) is 0 Å². The molecule has 0 N–H and O–H groups in total. The van der Waals surface area contributed by atoms with Crippen molar-refractivity contribution in [2.24, 2.45) is 0 Å². The van der Waals surface area contributed by atoms with Crippen molar-refractivity contribution in [1.82, 2.24) is 9.88 Å². The molecule has 6 heteroatoms. The van der Waals surface area contributed by atoms with E-state index in [1.165, 1.54) is 6.07 Å². The van der Waals surface area contributed by atoms with Crippen molar-refractivity contribution in [1.29, 1.82) is 0 Å². The average molecular weight is 318 g/mol. The number of piperazine rings is 1. The minimum absolute atomic E-state index is 0.269. The van der Waals surface area contributed by atoms with Crippen molar-refractivity contribution >= 4 is 21.7 Å². The summed E-state index contributed by atoms with van der Waals surface area (Å²) in [4.78, 5) is 8.46. The van der Waals surface area contributed by atoms with Crippen LogP contribution in [0.5, 0.6) is 0 Å². The fourth-order valence-corrected chi connectivity index (χ4v) is 2.35. The molecule has 0 amide bonds. The van der Waals surface area contributed by atoms with E-state index in [9.17, 15) is 4.39 Å². The molecule has 1 aliphatic heterocycles. The summed E-state index contributed by atoms with van der Waals surface area (Å²) < 4.78 is 19.5. The largest absolute Gasteiger partial charge is 0.383 e. The topological polar surface area (TPSA) is 28.6 Å². The van der Waals surface area contributed by atoms with Crippen molar-refractivity contribution in [3.63, 3.8) is 0 Å². The second-order valence-electron chi connectivity index (χ2n) is 4.28. The predicted molar refractivity (Wildman–Crippen MR) is 72.4 cm³/mol. The fourth-order valence-electron chi connectivity index (χ4n) is 2.04. The van der Waals surface area contributed by atoms with Crippen LogP contribution >= 0.6 is 15.9 Å². The third-order valence-electron chi connectivity index (χ3n) is 3.07. The lowest BCUT2D eigenvalue weighted by Gasteiger charge is -2.35. The van der Waals surface area contributed by atoms with E-state index in [-0.39, 0.29) is 5.82 Å². The molecule has 1 aliphatic rings. The van der Waals surface area contributed by atoms with Crippen molar-refractivity contribution in [2.75, 3.05) is 51.3 Å². The first-order valence-electron chi connectivity index (χ1n) is 5.98. The third kappa shape index (κ3) is 3.40. The SMILES string of the molecule is COCCN1CCN(c2ncc(Br)cc2F)CC1. The van der Waals surface area contributed by atoms with E-state index in [1.54, 1.807) is 13.3 Å². The number of halogens is 2. The minimum atomic E-state index is -0.269. The van der Waals surface area contributed by atoms with Crippen molar-refractivity contribution < 1.29 is 9.13 Å². The number of ether oxygens (including phenoxy) is 1. The van der Waals surface area contributed by atoms with E-state index in [4.69, 9.17) is 4.74 Å². The molecule has 0 atom stereocenters. The molecule has 2 rings (SSSR count). The smallest absolute Gasteiger partial charge is 0.166 e. The molecular weight excluding hydrogens is 301 g/mol. The third-order valence-corrected chi connectivity index (χ3v) is 3.51. The molecule has 1 saturated heterocycles. The van der Waals surface area contributed by atoms with Crippen LogP contribution < -0.4 is 4.90 Å². The van der Waals surface area contributed by atoms with Gasteiger partial charge in [-0.15, -0.1) is 0 Å². The van der Waals surface area contributed by atoms with Gasteiger partial charge < -0.3 is 9.64 Å². The Balaban J connectivity index is 1.93. The van der Waals surface area contributed by atoms with E-state index >= 15 is 0 Å². The Kier molecular flexibility index (Phi) is 4.91. The number of pyridine rings is 1. The average Bonchev–Trinajstić information content (AvgIpc) is 2.37. The second-order valence-corrected chi connectivity index (χ2v) is 5.20. The van der Waals surface area contributed by atoms with Crippen LogP contribution in [0, 0.1) is 5.82 Å². The summed E-state index contributed by atoms with van der Waals surface area (Å²) in [5.74, 6) is 0.180. The van der Waals surface area contributed by atoms with E-state index in [2.05, 4.69) is 25.8 Å². The molecule has 18 heavy (non-hydrogen) atoms. The van der Waals surface area contributed by atoms with Gasteiger partial charge in [-0.25, -0.2) is 9.37 Å². The Morgan fingerprint density at radius 2 is 2.11 bits per heavy atom. The highest BCUT2D eigenvalue weighted by Crippen LogP contribution is 2.21. The van der Waals surface area contributed by atoms with Crippen LogP contribution in [0.4, 0.5) is 10.2 Å². The van der Waals surface area contributed by atoms with Gasteiger partial charge in [0.2, 0.25) is 0 Å². The Morgan fingerprint density at radius 3 is 2.72 bits per heavy atom. The van der Waals surface area contributed by atoms with Gasteiger partial charge in [0.15, 0.2) is 11.6 Å². The first kappa shape index (κ1) is 13.7. The summed E-state index contributed by atoms with van der Waals surface area (Å²) in [7, 11) is 1.71. The van der Waals surface area contributed by atoms with Gasteiger partial charge in [-0.2, -0.15) is 0 Å². The van der Waals surface area contributed by atoms with Crippen LogP contribution in [0.15, 0.2) is 16.7 Å². The van der Waals surface area contributed by atoms with Gasteiger partial charge in [-0.1, -0.05) is 0 Å². The Labute approximate surface area is 115 Å². The molecule has 0 aromatic carbocycles. The molecule has 0 radical (unpaired) electrons. The van der Waals surface area contributed by atoms with Crippen molar-refractivity contribution in [3.8, 4) is 0 Å². The maximum atomic E-state index is 13.8. The number of rotatable bonds is 4. The molecule has 2 heterocycles. The highest BCUT2D eigenvalue weighted by Gasteiger charge is 2.20. The molecule has 0 unspecified atom stereocenters. The van der Waals surface area contributed by atoms with Gasteiger partial charge in [0, 0.05) is 50.5 Å². The first-order chi connectivity index (χ1) is 8.70. The monoisotopic (exact) mass is 317 g/mol. The Hall–Kier alpha value is -0.720.